The molecule has 0 saturated carbocycles. The smallest absolute Gasteiger partial charge is 0.208 e. The molecule has 21 heavy (non-hydrogen) atoms. The van der Waals surface area contributed by atoms with E-state index in [2.05, 4.69) is 16.1 Å². The molecule has 0 aliphatic heterocycles. The molecule has 0 bridgehead atoms. The van der Waals surface area contributed by atoms with Gasteiger partial charge in [0.05, 0.1) is 16.6 Å². The normalized spacial score (nSPS) is 13.4. The summed E-state index contributed by atoms with van der Waals surface area (Å²) in [6.07, 6.45) is 1.90. The lowest BCUT2D eigenvalue weighted by molar-refractivity contribution is 0.569. The van der Waals surface area contributed by atoms with Crippen molar-refractivity contribution < 1.29 is 8.42 Å². The van der Waals surface area contributed by atoms with E-state index in [1.807, 2.05) is 23.6 Å². The first kappa shape index (κ1) is 16.9. The highest BCUT2D eigenvalue weighted by molar-refractivity contribution is 7.88. The second-order valence-corrected chi connectivity index (χ2v) is 9.12. The first-order chi connectivity index (χ1) is 9.96. The van der Waals surface area contributed by atoms with Crippen molar-refractivity contribution in [2.45, 2.75) is 12.5 Å². The third-order valence-corrected chi connectivity index (χ3v) is 5.73. The average Bonchev–Trinajstić information content (AvgIpc) is 3.04. The molecule has 0 saturated heterocycles. The van der Waals surface area contributed by atoms with Crippen LogP contribution in [0.3, 0.4) is 0 Å². The van der Waals surface area contributed by atoms with Crippen LogP contribution < -0.4 is 10.0 Å². The monoisotopic (exact) mass is 364 g/mol. The van der Waals surface area contributed by atoms with Gasteiger partial charge >= 0.3 is 0 Å². The van der Waals surface area contributed by atoms with E-state index in [-0.39, 0.29) is 6.04 Å². The Balaban J connectivity index is 1.92. The lowest BCUT2D eigenvalue weighted by atomic mass is 10.2. The maximum atomic E-state index is 11.0. The fourth-order valence-corrected chi connectivity index (χ4v) is 4.44. The molecule has 0 fully saturated rings. The number of sulfonamides is 1. The zero-order chi connectivity index (χ0) is 15.3. The second kappa shape index (κ2) is 7.71. The first-order valence-electron chi connectivity index (χ1n) is 6.42. The van der Waals surface area contributed by atoms with Crippen molar-refractivity contribution >= 4 is 44.3 Å². The summed E-state index contributed by atoms with van der Waals surface area (Å²) in [7, 11) is -3.11. The fraction of sp³-hybridized carbons (Fsp3) is 0.385. The van der Waals surface area contributed by atoms with E-state index in [9.17, 15) is 8.42 Å². The lowest BCUT2D eigenvalue weighted by Gasteiger charge is -2.16. The van der Waals surface area contributed by atoms with Gasteiger partial charge in [-0.3, -0.25) is 0 Å². The number of nitrogens with one attached hydrogen (secondary N) is 2. The van der Waals surface area contributed by atoms with E-state index in [0.717, 1.165) is 17.3 Å². The highest BCUT2D eigenvalue weighted by Crippen LogP contribution is 2.32. The highest BCUT2D eigenvalue weighted by Gasteiger charge is 2.16. The molecule has 2 aromatic rings. The summed E-state index contributed by atoms with van der Waals surface area (Å²) in [5.74, 6) is 0. The van der Waals surface area contributed by atoms with Gasteiger partial charge in [0.1, 0.15) is 0 Å². The number of thiophene rings is 2. The summed E-state index contributed by atoms with van der Waals surface area (Å²) < 4.78 is 25.3. The van der Waals surface area contributed by atoms with E-state index < -0.39 is 10.0 Å². The van der Waals surface area contributed by atoms with Gasteiger partial charge in [0.2, 0.25) is 10.0 Å². The van der Waals surface area contributed by atoms with E-state index in [1.165, 1.54) is 16.0 Å². The quantitative estimate of drug-likeness (QED) is 0.708. The Labute approximate surface area is 138 Å². The maximum absolute atomic E-state index is 11.0. The molecular weight excluding hydrogens is 348 g/mol. The van der Waals surface area contributed by atoms with Crippen molar-refractivity contribution in [1.82, 2.24) is 10.0 Å². The third-order valence-electron chi connectivity index (χ3n) is 2.77. The van der Waals surface area contributed by atoms with Gasteiger partial charge in [-0.1, -0.05) is 17.7 Å². The summed E-state index contributed by atoms with van der Waals surface area (Å²) in [5.41, 5.74) is 0. The van der Waals surface area contributed by atoms with Gasteiger partial charge in [-0.15, -0.1) is 22.7 Å². The van der Waals surface area contributed by atoms with Crippen molar-refractivity contribution in [2.75, 3.05) is 19.3 Å². The van der Waals surface area contributed by atoms with E-state index >= 15 is 0 Å². The van der Waals surface area contributed by atoms with Gasteiger partial charge in [-0.25, -0.2) is 13.1 Å². The molecule has 0 aliphatic carbocycles. The van der Waals surface area contributed by atoms with Crippen LogP contribution in [0.5, 0.6) is 0 Å². The molecular formula is C13H17ClN2O2S3. The van der Waals surface area contributed by atoms with Crippen LogP contribution in [-0.4, -0.2) is 27.8 Å². The van der Waals surface area contributed by atoms with Crippen molar-refractivity contribution in [3.8, 4) is 0 Å². The van der Waals surface area contributed by atoms with Gasteiger partial charge in [0.15, 0.2) is 0 Å². The Morgan fingerprint density at radius 2 is 2.05 bits per heavy atom. The minimum atomic E-state index is -3.11. The van der Waals surface area contributed by atoms with Crippen LogP contribution in [-0.2, 0) is 10.0 Å². The number of hydrogen-bond acceptors (Lipinski definition) is 5. The molecule has 0 aromatic carbocycles. The van der Waals surface area contributed by atoms with E-state index in [1.54, 1.807) is 22.7 Å². The lowest BCUT2D eigenvalue weighted by Crippen LogP contribution is -2.28. The molecule has 0 spiro atoms. The van der Waals surface area contributed by atoms with Crippen LogP contribution in [0.15, 0.2) is 29.6 Å². The van der Waals surface area contributed by atoms with Gasteiger partial charge in [0, 0.05) is 16.3 Å². The van der Waals surface area contributed by atoms with Crippen LogP contribution in [0.1, 0.15) is 22.2 Å². The Morgan fingerprint density at radius 1 is 1.24 bits per heavy atom. The van der Waals surface area contributed by atoms with Gasteiger partial charge in [-0.2, -0.15) is 0 Å². The Morgan fingerprint density at radius 3 is 2.62 bits per heavy atom. The molecule has 116 valence electrons. The molecule has 2 N–H and O–H groups in total. The predicted molar refractivity (Wildman–Crippen MR) is 91.0 cm³/mol. The molecule has 0 radical (unpaired) electrons. The standard InChI is InChI=1S/C13H17ClN2O2S3/c1-21(17,18)16-8-3-7-15-13(10-4-2-9-19-10)11-5-6-12(14)20-11/h2,4-6,9,13,15-16H,3,7-8H2,1H3. The maximum Gasteiger partial charge on any atom is 0.208 e. The largest absolute Gasteiger partial charge is 0.305 e. The fourth-order valence-electron chi connectivity index (χ4n) is 1.87. The summed E-state index contributed by atoms with van der Waals surface area (Å²) in [6, 6.07) is 8.15. The zero-order valence-electron chi connectivity index (χ0n) is 11.5. The van der Waals surface area contributed by atoms with Gasteiger partial charge in [0.25, 0.3) is 0 Å². The number of halogens is 1. The number of hydrogen-bond donors (Lipinski definition) is 2. The molecule has 4 nitrogen and oxygen atoms in total. The summed E-state index contributed by atoms with van der Waals surface area (Å²) in [4.78, 5) is 2.39. The minimum absolute atomic E-state index is 0.112. The highest BCUT2D eigenvalue weighted by atomic mass is 35.5. The van der Waals surface area contributed by atoms with Crippen LogP contribution in [0.4, 0.5) is 0 Å². The van der Waals surface area contributed by atoms with Crippen molar-refractivity contribution in [3.05, 3.63) is 43.7 Å². The molecule has 0 amide bonds. The predicted octanol–water partition coefficient (Wildman–Crippen LogP) is 3.08. The SMILES string of the molecule is CS(=O)(=O)NCCCNC(c1cccs1)c1ccc(Cl)s1. The summed E-state index contributed by atoms with van der Waals surface area (Å²) >= 11 is 9.27. The van der Waals surface area contributed by atoms with E-state index in [0.29, 0.717) is 6.54 Å². The van der Waals surface area contributed by atoms with Crippen LogP contribution in [0.25, 0.3) is 0 Å². The Kier molecular flexibility index (Phi) is 6.21. The Bertz CT molecular complexity index is 653. The third kappa shape index (κ3) is 5.69. The van der Waals surface area contributed by atoms with Crippen LogP contribution in [0, 0.1) is 0 Å². The summed E-state index contributed by atoms with van der Waals surface area (Å²) in [6.45, 7) is 1.16. The zero-order valence-corrected chi connectivity index (χ0v) is 14.7. The molecule has 2 heterocycles. The molecule has 2 aromatic heterocycles. The Hall–Kier alpha value is -0.440. The first-order valence-corrected chi connectivity index (χ1v) is 10.4. The molecule has 8 heteroatoms. The minimum Gasteiger partial charge on any atom is -0.305 e. The van der Waals surface area contributed by atoms with Crippen molar-refractivity contribution in [2.24, 2.45) is 0 Å². The van der Waals surface area contributed by atoms with E-state index in [4.69, 9.17) is 11.6 Å². The molecule has 1 atom stereocenters. The summed E-state index contributed by atoms with van der Waals surface area (Å²) in [5, 5.41) is 5.51. The van der Waals surface area contributed by atoms with Gasteiger partial charge in [-0.05, 0) is 36.5 Å². The molecule has 0 aliphatic rings. The van der Waals surface area contributed by atoms with Crippen molar-refractivity contribution in [1.29, 1.82) is 0 Å². The molecule has 2 rings (SSSR count). The van der Waals surface area contributed by atoms with Crippen LogP contribution >= 0.6 is 34.3 Å². The van der Waals surface area contributed by atoms with Crippen LogP contribution in [0.2, 0.25) is 4.34 Å². The average molecular weight is 365 g/mol. The number of rotatable bonds is 8. The van der Waals surface area contributed by atoms with Gasteiger partial charge < -0.3 is 5.32 Å². The molecule has 1 unspecified atom stereocenters. The van der Waals surface area contributed by atoms with Crippen molar-refractivity contribution in [3.63, 3.8) is 0 Å². The second-order valence-electron chi connectivity index (χ2n) is 4.56. The topological polar surface area (TPSA) is 58.2 Å².